The second-order valence-electron chi connectivity index (χ2n) is 6.39. The van der Waals surface area contributed by atoms with Gasteiger partial charge in [0.1, 0.15) is 0 Å². The number of benzene rings is 2. The molecule has 5 heteroatoms. The predicted octanol–water partition coefficient (Wildman–Crippen LogP) is 3.62. The van der Waals surface area contributed by atoms with Gasteiger partial charge in [-0.25, -0.2) is 0 Å². The Kier molecular flexibility index (Phi) is 4.27. The van der Waals surface area contributed by atoms with Crippen LogP contribution in [0.15, 0.2) is 73.1 Å². The minimum Gasteiger partial charge on any atom is -0.349 e. The summed E-state index contributed by atoms with van der Waals surface area (Å²) in [5.74, 6) is -0.393. The van der Waals surface area contributed by atoms with E-state index in [0.29, 0.717) is 16.8 Å². The van der Waals surface area contributed by atoms with Crippen LogP contribution >= 0.6 is 0 Å². The quantitative estimate of drug-likeness (QED) is 0.742. The van der Waals surface area contributed by atoms with Gasteiger partial charge < -0.3 is 15.2 Å². The number of para-hydroxylation sites is 1. The summed E-state index contributed by atoms with van der Waals surface area (Å²) in [6, 6.07) is 18.6. The Balaban J connectivity index is 1.55. The van der Waals surface area contributed by atoms with Crippen molar-refractivity contribution in [1.29, 1.82) is 0 Å². The first-order chi connectivity index (χ1) is 12.7. The molecular weight excluding hydrogens is 326 g/mol. The molecule has 5 nitrogen and oxygen atoms in total. The molecule has 1 heterocycles. The van der Waals surface area contributed by atoms with Crippen LogP contribution < -0.4 is 10.6 Å². The zero-order chi connectivity index (χ0) is 17.9. The molecule has 1 fully saturated rings. The number of hydrogen-bond donors (Lipinski definition) is 2. The summed E-state index contributed by atoms with van der Waals surface area (Å²) in [6.45, 7) is 0. The molecule has 2 aromatic carbocycles. The lowest BCUT2D eigenvalue weighted by Gasteiger charge is -2.12. The van der Waals surface area contributed by atoms with Gasteiger partial charge in [0.25, 0.3) is 11.8 Å². The van der Waals surface area contributed by atoms with Crippen molar-refractivity contribution in [2.75, 3.05) is 5.32 Å². The summed E-state index contributed by atoms with van der Waals surface area (Å²) < 4.78 is 1.94. The van der Waals surface area contributed by atoms with Gasteiger partial charge >= 0.3 is 0 Å². The Labute approximate surface area is 151 Å². The first kappa shape index (κ1) is 16.1. The highest BCUT2D eigenvalue weighted by Crippen LogP contribution is 2.22. The molecule has 1 aliphatic rings. The lowest BCUT2D eigenvalue weighted by Crippen LogP contribution is -2.27. The van der Waals surface area contributed by atoms with Crippen LogP contribution in [-0.4, -0.2) is 22.4 Å². The number of carbonyl (C=O) groups is 2. The molecule has 1 aromatic heterocycles. The normalized spacial score (nSPS) is 13.2. The van der Waals surface area contributed by atoms with E-state index >= 15 is 0 Å². The van der Waals surface area contributed by atoms with E-state index in [-0.39, 0.29) is 17.9 Å². The van der Waals surface area contributed by atoms with Crippen LogP contribution in [0.5, 0.6) is 0 Å². The van der Waals surface area contributed by atoms with E-state index in [1.54, 1.807) is 30.3 Å². The Morgan fingerprint density at radius 2 is 1.65 bits per heavy atom. The van der Waals surface area contributed by atoms with Gasteiger partial charge in [-0.2, -0.15) is 0 Å². The monoisotopic (exact) mass is 345 g/mol. The Hall–Kier alpha value is -3.34. The first-order valence-corrected chi connectivity index (χ1v) is 8.65. The lowest BCUT2D eigenvalue weighted by atomic mass is 10.1. The van der Waals surface area contributed by atoms with Crippen LogP contribution in [0.2, 0.25) is 0 Å². The molecule has 0 unspecified atom stereocenters. The molecule has 0 saturated heterocycles. The average Bonchev–Trinajstić information content (AvgIpc) is 3.31. The third-order valence-corrected chi connectivity index (χ3v) is 4.34. The predicted molar refractivity (Wildman–Crippen MR) is 101 cm³/mol. The largest absolute Gasteiger partial charge is 0.349 e. The van der Waals surface area contributed by atoms with Crippen LogP contribution in [0.3, 0.4) is 0 Å². The molecule has 0 bridgehead atoms. The van der Waals surface area contributed by atoms with Gasteiger partial charge in [0.15, 0.2) is 0 Å². The number of nitrogens with one attached hydrogen (secondary N) is 2. The van der Waals surface area contributed by atoms with Crippen molar-refractivity contribution < 1.29 is 9.59 Å². The van der Waals surface area contributed by atoms with Gasteiger partial charge in [0.05, 0.1) is 11.3 Å². The topological polar surface area (TPSA) is 63.1 Å². The molecule has 0 spiro atoms. The molecule has 4 rings (SSSR count). The highest BCUT2D eigenvalue weighted by atomic mass is 16.2. The molecule has 2 amide bonds. The van der Waals surface area contributed by atoms with Crippen molar-refractivity contribution in [3.8, 4) is 5.69 Å². The van der Waals surface area contributed by atoms with Crippen LogP contribution in [0.25, 0.3) is 5.69 Å². The molecule has 0 aliphatic heterocycles. The van der Waals surface area contributed by atoms with Gasteiger partial charge in [-0.05, 0) is 55.3 Å². The highest BCUT2D eigenvalue weighted by Gasteiger charge is 2.25. The SMILES string of the molecule is O=C(Nc1ccccc1C(=O)NC1CC1)c1cccc(-n2cccc2)c1. The van der Waals surface area contributed by atoms with Crippen molar-refractivity contribution in [2.45, 2.75) is 18.9 Å². The zero-order valence-corrected chi connectivity index (χ0v) is 14.2. The van der Waals surface area contributed by atoms with Crippen molar-refractivity contribution >= 4 is 17.5 Å². The molecule has 2 N–H and O–H groups in total. The van der Waals surface area contributed by atoms with Crippen molar-refractivity contribution in [1.82, 2.24) is 9.88 Å². The fourth-order valence-corrected chi connectivity index (χ4v) is 2.79. The van der Waals surface area contributed by atoms with Crippen LogP contribution in [0, 0.1) is 0 Å². The first-order valence-electron chi connectivity index (χ1n) is 8.65. The van der Waals surface area contributed by atoms with Crippen molar-refractivity contribution in [3.63, 3.8) is 0 Å². The van der Waals surface area contributed by atoms with E-state index in [1.807, 2.05) is 47.3 Å². The molecule has 0 radical (unpaired) electrons. The summed E-state index contributed by atoms with van der Waals surface area (Å²) in [7, 11) is 0. The number of aromatic nitrogens is 1. The van der Waals surface area contributed by atoms with Gasteiger partial charge in [-0.1, -0.05) is 18.2 Å². The Morgan fingerprint density at radius 1 is 0.885 bits per heavy atom. The summed E-state index contributed by atoms with van der Waals surface area (Å²) >= 11 is 0. The number of hydrogen-bond acceptors (Lipinski definition) is 2. The summed E-state index contributed by atoms with van der Waals surface area (Å²) in [4.78, 5) is 25.1. The maximum absolute atomic E-state index is 12.7. The fourth-order valence-electron chi connectivity index (χ4n) is 2.79. The standard InChI is InChI=1S/C21H19N3O2/c25-20(15-6-5-7-17(14-15)24-12-3-4-13-24)23-19-9-2-1-8-18(19)21(26)22-16-10-11-16/h1-9,12-14,16H,10-11H2,(H,22,26)(H,23,25). The molecule has 3 aromatic rings. The molecule has 26 heavy (non-hydrogen) atoms. The third-order valence-electron chi connectivity index (χ3n) is 4.34. The fraction of sp³-hybridized carbons (Fsp3) is 0.143. The van der Waals surface area contributed by atoms with E-state index < -0.39 is 0 Å². The summed E-state index contributed by atoms with van der Waals surface area (Å²) in [5, 5.41) is 5.82. The number of carbonyl (C=O) groups excluding carboxylic acids is 2. The average molecular weight is 345 g/mol. The molecule has 130 valence electrons. The van der Waals surface area contributed by atoms with Gasteiger partial charge in [0, 0.05) is 29.7 Å². The van der Waals surface area contributed by atoms with Gasteiger partial charge in [-0.3, -0.25) is 9.59 Å². The van der Waals surface area contributed by atoms with E-state index in [4.69, 9.17) is 0 Å². The second kappa shape index (κ2) is 6.88. The molecule has 0 atom stereocenters. The Morgan fingerprint density at radius 3 is 2.42 bits per heavy atom. The van der Waals surface area contributed by atoms with E-state index in [9.17, 15) is 9.59 Å². The van der Waals surface area contributed by atoms with Crippen LogP contribution in [0.1, 0.15) is 33.6 Å². The third kappa shape index (κ3) is 3.52. The number of nitrogens with zero attached hydrogens (tertiary/aromatic N) is 1. The summed E-state index contributed by atoms with van der Waals surface area (Å²) in [6.07, 6.45) is 5.89. The maximum Gasteiger partial charge on any atom is 0.255 e. The van der Waals surface area contributed by atoms with Gasteiger partial charge in [0.2, 0.25) is 0 Å². The Bertz CT molecular complexity index is 943. The molecule has 1 saturated carbocycles. The molecular formula is C21H19N3O2. The smallest absolute Gasteiger partial charge is 0.255 e. The van der Waals surface area contributed by atoms with E-state index in [2.05, 4.69) is 10.6 Å². The zero-order valence-electron chi connectivity index (χ0n) is 14.2. The number of rotatable bonds is 5. The van der Waals surface area contributed by atoms with Crippen LogP contribution in [-0.2, 0) is 0 Å². The van der Waals surface area contributed by atoms with Crippen molar-refractivity contribution in [3.05, 3.63) is 84.2 Å². The van der Waals surface area contributed by atoms with E-state index in [0.717, 1.165) is 18.5 Å². The van der Waals surface area contributed by atoms with Crippen LogP contribution in [0.4, 0.5) is 5.69 Å². The minimum absolute atomic E-state index is 0.149. The van der Waals surface area contributed by atoms with Gasteiger partial charge in [-0.15, -0.1) is 0 Å². The van der Waals surface area contributed by atoms with E-state index in [1.165, 1.54) is 0 Å². The maximum atomic E-state index is 12.7. The second-order valence-corrected chi connectivity index (χ2v) is 6.39. The highest BCUT2D eigenvalue weighted by molar-refractivity contribution is 6.09. The summed E-state index contributed by atoms with van der Waals surface area (Å²) in [5.41, 5.74) is 2.44. The molecule has 1 aliphatic carbocycles. The number of amides is 2. The lowest BCUT2D eigenvalue weighted by molar-refractivity contribution is 0.0952. The minimum atomic E-state index is -0.245. The number of anilines is 1. The van der Waals surface area contributed by atoms with Crippen molar-refractivity contribution in [2.24, 2.45) is 0 Å².